The summed E-state index contributed by atoms with van der Waals surface area (Å²) in [6.07, 6.45) is 0. The second-order valence-electron chi connectivity index (χ2n) is 7.24. The number of hydrogen-bond donors (Lipinski definition) is 2. The Morgan fingerprint density at radius 1 is 1.06 bits per heavy atom. The van der Waals surface area contributed by atoms with Crippen molar-refractivity contribution in [3.05, 3.63) is 48.0 Å². The fraction of sp³-hybridized carbons (Fsp3) is 0.318. The average Bonchev–Trinajstić information content (AvgIpc) is 3.13. The molecule has 1 unspecified atom stereocenters. The summed E-state index contributed by atoms with van der Waals surface area (Å²) < 4.78 is 12.0. The number of nitrogens with two attached hydrogens (primary N) is 1. The number of methoxy groups -OCH3 is 2. The summed E-state index contributed by atoms with van der Waals surface area (Å²) in [6, 6.07) is 13.2. The van der Waals surface area contributed by atoms with E-state index < -0.39 is 5.25 Å². The van der Waals surface area contributed by atoms with E-state index in [0.717, 1.165) is 16.8 Å². The number of carbonyl (C=O) groups is 1. The molecule has 0 saturated heterocycles. The van der Waals surface area contributed by atoms with Gasteiger partial charge in [0.1, 0.15) is 0 Å². The predicted octanol–water partition coefficient (Wildman–Crippen LogP) is 3.92. The number of rotatable bonds is 8. The number of ether oxygens (including phenoxy) is 2. The number of nitrogen functional groups attached to an aromatic ring is 1. The summed E-state index contributed by atoms with van der Waals surface area (Å²) in [6.45, 7) is 5.99. The highest BCUT2D eigenvalue weighted by atomic mass is 32.2. The van der Waals surface area contributed by atoms with Crippen molar-refractivity contribution in [3.8, 4) is 22.9 Å². The first kappa shape index (κ1) is 22.5. The molecule has 0 saturated carbocycles. The van der Waals surface area contributed by atoms with Crippen molar-refractivity contribution in [1.82, 2.24) is 14.9 Å². The Labute approximate surface area is 186 Å². The maximum atomic E-state index is 12.8. The number of anilines is 1. The molecule has 1 aromatic heterocycles. The van der Waals surface area contributed by atoms with Gasteiger partial charge in [-0.05, 0) is 42.7 Å². The van der Waals surface area contributed by atoms with Crippen LogP contribution in [0, 0.1) is 0 Å². The number of para-hydroxylation sites is 1. The minimum absolute atomic E-state index is 0.131. The van der Waals surface area contributed by atoms with Gasteiger partial charge in [-0.25, -0.2) is 4.68 Å². The lowest BCUT2D eigenvalue weighted by molar-refractivity contribution is -0.115. The minimum atomic E-state index is -0.426. The molecular weight excluding hydrogens is 414 g/mol. The number of amides is 1. The molecule has 0 spiro atoms. The van der Waals surface area contributed by atoms with E-state index in [-0.39, 0.29) is 5.91 Å². The summed E-state index contributed by atoms with van der Waals surface area (Å²) in [5.74, 6) is 8.03. The molecule has 0 radical (unpaired) electrons. The molecule has 3 N–H and O–H groups in total. The Bertz CT molecular complexity index is 1070. The maximum Gasteiger partial charge on any atom is 0.237 e. The van der Waals surface area contributed by atoms with Crippen molar-refractivity contribution in [2.24, 2.45) is 0 Å². The number of thioether (sulfide) groups is 1. The number of carbonyl (C=O) groups excluding carboxylic acids is 1. The highest BCUT2D eigenvalue weighted by Crippen LogP contribution is 2.33. The van der Waals surface area contributed by atoms with E-state index in [0.29, 0.717) is 28.4 Å². The van der Waals surface area contributed by atoms with Gasteiger partial charge in [-0.15, -0.1) is 10.2 Å². The van der Waals surface area contributed by atoms with E-state index in [4.69, 9.17) is 15.3 Å². The lowest BCUT2D eigenvalue weighted by atomic mass is 10.0. The molecule has 1 atom stereocenters. The van der Waals surface area contributed by atoms with E-state index in [9.17, 15) is 4.79 Å². The van der Waals surface area contributed by atoms with Crippen LogP contribution < -0.4 is 20.6 Å². The Hall–Kier alpha value is -3.20. The molecule has 3 rings (SSSR count). The summed E-state index contributed by atoms with van der Waals surface area (Å²) in [5, 5.41) is 11.4. The summed E-state index contributed by atoms with van der Waals surface area (Å²) >= 11 is 1.24. The van der Waals surface area contributed by atoms with Crippen molar-refractivity contribution in [1.29, 1.82) is 0 Å². The third-order valence-corrected chi connectivity index (χ3v) is 5.86. The first-order valence-corrected chi connectivity index (χ1v) is 10.7. The Kier molecular flexibility index (Phi) is 7.06. The van der Waals surface area contributed by atoms with E-state index in [1.165, 1.54) is 16.4 Å². The highest BCUT2D eigenvalue weighted by molar-refractivity contribution is 8.00. The molecule has 9 heteroatoms. The number of nitrogens with zero attached hydrogens (tertiary/aromatic N) is 3. The molecule has 0 aliphatic rings. The fourth-order valence-corrected chi connectivity index (χ4v) is 3.86. The van der Waals surface area contributed by atoms with Gasteiger partial charge in [0.2, 0.25) is 11.1 Å². The minimum Gasteiger partial charge on any atom is -0.493 e. The van der Waals surface area contributed by atoms with Crippen LogP contribution in [0.3, 0.4) is 0 Å². The molecule has 2 aromatic carbocycles. The van der Waals surface area contributed by atoms with E-state index in [2.05, 4.69) is 29.4 Å². The van der Waals surface area contributed by atoms with Crippen LogP contribution in [0.25, 0.3) is 11.4 Å². The molecule has 1 amide bonds. The van der Waals surface area contributed by atoms with Gasteiger partial charge in [-0.1, -0.05) is 43.8 Å². The number of aromatic nitrogens is 3. The molecule has 0 fully saturated rings. The Morgan fingerprint density at radius 2 is 1.77 bits per heavy atom. The quantitative estimate of drug-likeness (QED) is 0.403. The van der Waals surface area contributed by atoms with Crippen molar-refractivity contribution in [2.45, 2.75) is 37.1 Å². The third-order valence-electron chi connectivity index (χ3n) is 4.80. The van der Waals surface area contributed by atoms with E-state index in [1.54, 1.807) is 26.4 Å². The van der Waals surface area contributed by atoms with Crippen LogP contribution >= 0.6 is 11.8 Å². The maximum absolute atomic E-state index is 12.8. The second kappa shape index (κ2) is 9.74. The van der Waals surface area contributed by atoms with Crippen molar-refractivity contribution < 1.29 is 14.3 Å². The normalized spacial score (nSPS) is 11.9. The second-order valence-corrected chi connectivity index (χ2v) is 8.55. The molecular formula is C22H27N5O3S. The molecule has 0 aliphatic heterocycles. The zero-order valence-corrected chi connectivity index (χ0v) is 19.1. The largest absolute Gasteiger partial charge is 0.493 e. The summed E-state index contributed by atoms with van der Waals surface area (Å²) in [5.41, 5.74) is 2.63. The SMILES string of the molecule is COc1ccc(-c2nnc(SC(C)C(=O)Nc3ccccc3C(C)C)n2N)cc1OC. The smallest absolute Gasteiger partial charge is 0.237 e. The van der Waals surface area contributed by atoms with Gasteiger partial charge < -0.3 is 20.6 Å². The topological polar surface area (TPSA) is 104 Å². The number of benzene rings is 2. The molecule has 0 bridgehead atoms. The van der Waals surface area contributed by atoms with Gasteiger partial charge in [0.15, 0.2) is 17.3 Å². The first-order chi connectivity index (χ1) is 14.8. The monoisotopic (exact) mass is 441 g/mol. The standard InChI is InChI=1S/C22H27N5O3S/c1-13(2)16-8-6-7-9-17(16)24-21(28)14(3)31-22-26-25-20(27(22)23)15-10-11-18(29-4)19(12-15)30-5/h6-14H,23H2,1-5H3,(H,24,28). The van der Waals surface area contributed by atoms with Crippen molar-refractivity contribution in [2.75, 3.05) is 25.4 Å². The van der Waals surface area contributed by atoms with Gasteiger partial charge in [0.05, 0.1) is 19.5 Å². The van der Waals surface area contributed by atoms with Crippen molar-refractivity contribution >= 4 is 23.4 Å². The van der Waals surface area contributed by atoms with Crippen LogP contribution in [-0.2, 0) is 4.79 Å². The van der Waals surface area contributed by atoms with Crippen LogP contribution in [0.1, 0.15) is 32.3 Å². The van der Waals surface area contributed by atoms with Gasteiger partial charge in [0.25, 0.3) is 0 Å². The summed E-state index contributed by atoms with van der Waals surface area (Å²) in [7, 11) is 3.14. The van der Waals surface area contributed by atoms with Gasteiger partial charge in [-0.2, -0.15) is 0 Å². The zero-order chi connectivity index (χ0) is 22.5. The van der Waals surface area contributed by atoms with Crippen LogP contribution in [0.2, 0.25) is 0 Å². The van der Waals surface area contributed by atoms with E-state index >= 15 is 0 Å². The van der Waals surface area contributed by atoms with Crippen molar-refractivity contribution in [3.63, 3.8) is 0 Å². The number of nitrogens with one attached hydrogen (secondary N) is 1. The first-order valence-electron chi connectivity index (χ1n) is 9.85. The van der Waals surface area contributed by atoms with Gasteiger partial charge in [0, 0.05) is 11.3 Å². The summed E-state index contributed by atoms with van der Waals surface area (Å²) in [4.78, 5) is 12.8. The van der Waals surface area contributed by atoms with E-state index in [1.807, 2.05) is 37.3 Å². The molecule has 164 valence electrons. The van der Waals surface area contributed by atoms with Crippen LogP contribution in [0.15, 0.2) is 47.6 Å². The van der Waals surface area contributed by atoms with Crippen LogP contribution in [0.4, 0.5) is 5.69 Å². The molecule has 1 heterocycles. The molecule has 31 heavy (non-hydrogen) atoms. The van der Waals surface area contributed by atoms with Gasteiger partial charge >= 0.3 is 0 Å². The third kappa shape index (κ3) is 4.93. The zero-order valence-electron chi connectivity index (χ0n) is 18.2. The fourth-order valence-electron chi connectivity index (χ4n) is 3.09. The molecule has 8 nitrogen and oxygen atoms in total. The average molecular weight is 442 g/mol. The number of hydrogen-bond acceptors (Lipinski definition) is 7. The lowest BCUT2D eigenvalue weighted by Crippen LogP contribution is -2.24. The highest BCUT2D eigenvalue weighted by Gasteiger charge is 2.21. The Balaban J connectivity index is 1.75. The molecule has 3 aromatic rings. The lowest BCUT2D eigenvalue weighted by Gasteiger charge is -2.16. The van der Waals surface area contributed by atoms with Gasteiger partial charge in [-0.3, -0.25) is 4.79 Å². The Morgan fingerprint density at radius 3 is 2.45 bits per heavy atom. The van der Waals surface area contributed by atoms with Crippen LogP contribution in [0.5, 0.6) is 11.5 Å². The van der Waals surface area contributed by atoms with Crippen LogP contribution in [-0.4, -0.2) is 40.3 Å². The molecule has 0 aliphatic carbocycles. The predicted molar refractivity (Wildman–Crippen MR) is 123 cm³/mol.